The summed E-state index contributed by atoms with van der Waals surface area (Å²) in [7, 11) is 3.74. The van der Waals surface area contributed by atoms with Gasteiger partial charge in [0, 0.05) is 32.2 Å². The summed E-state index contributed by atoms with van der Waals surface area (Å²) in [6.45, 7) is 17.5. The second kappa shape index (κ2) is 43.8. The van der Waals surface area contributed by atoms with Crippen molar-refractivity contribution in [3.8, 4) is 0 Å². The minimum Gasteiger partial charge on any atom is -1.00 e. The highest BCUT2D eigenvalue weighted by Crippen LogP contribution is 2.17. The monoisotopic (exact) mass is 930 g/mol. The molecule has 0 aliphatic heterocycles. The van der Waals surface area contributed by atoms with Gasteiger partial charge < -0.3 is 58.1 Å². The third-order valence-electron chi connectivity index (χ3n) is 9.67. The first kappa shape index (κ1) is 68.6. The highest BCUT2D eigenvalue weighted by atomic mass is 35.5. The maximum Gasteiger partial charge on any atom is 0.362 e. The molecule has 0 fully saturated rings. The van der Waals surface area contributed by atoms with Gasteiger partial charge >= 0.3 is 29.8 Å². The van der Waals surface area contributed by atoms with E-state index in [4.69, 9.17) is 23.7 Å². The van der Waals surface area contributed by atoms with Gasteiger partial charge in [-0.2, -0.15) is 0 Å². The third-order valence-corrected chi connectivity index (χ3v) is 9.67. The molecule has 0 aliphatic rings. The zero-order valence-corrected chi connectivity index (χ0v) is 41.1. The lowest BCUT2D eigenvalue weighted by atomic mass is 10.0. The SMILES string of the molecule is C.C=CCC(O)C(CCCCC)OC(=O)C[N+](C)(C)CCOC(C)=O.CCCCCCCCCCCC(OC(=O)CCCCCCC)OC(=O)CNC(C)(C)COC(C)=O.[Cl-].[Cl-]. The van der Waals surface area contributed by atoms with E-state index in [9.17, 15) is 29.1 Å². The number of ether oxygens (including phenoxy) is 5. The fraction of sp³-hybridized carbons (Fsp3) is 0.851. The number of aliphatic hydroxyl groups excluding tert-OH is 1. The van der Waals surface area contributed by atoms with Crippen LogP contribution >= 0.6 is 0 Å². The summed E-state index contributed by atoms with van der Waals surface area (Å²) in [5.74, 6) is -1.85. The van der Waals surface area contributed by atoms with Crippen LogP contribution in [0.2, 0.25) is 0 Å². The average molecular weight is 931 g/mol. The minimum absolute atomic E-state index is 0. The van der Waals surface area contributed by atoms with E-state index in [-0.39, 0.29) is 82.4 Å². The van der Waals surface area contributed by atoms with Gasteiger partial charge in [-0.3, -0.25) is 24.5 Å². The Balaban J connectivity index is -0.000000354. The molecule has 0 radical (unpaired) electrons. The smallest absolute Gasteiger partial charge is 0.362 e. The first-order valence-corrected chi connectivity index (χ1v) is 22.6. The van der Waals surface area contributed by atoms with Gasteiger partial charge in [0.15, 0.2) is 6.54 Å². The Morgan fingerprint density at radius 2 is 1.15 bits per heavy atom. The Hall–Kier alpha value is -2.45. The van der Waals surface area contributed by atoms with Crippen LogP contribution in [0.4, 0.5) is 0 Å². The summed E-state index contributed by atoms with van der Waals surface area (Å²) < 4.78 is 26.8. The Bertz CT molecular complexity index is 1140. The molecule has 62 heavy (non-hydrogen) atoms. The van der Waals surface area contributed by atoms with Crippen LogP contribution in [0, 0.1) is 0 Å². The molecule has 3 atom stereocenters. The molecule has 0 aromatic rings. The number of nitrogens with one attached hydrogen (secondary N) is 1. The first-order valence-electron chi connectivity index (χ1n) is 22.6. The molecule has 0 amide bonds. The lowest BCUT2D eigenvalue weighted by molar-refractivity contribution is -0.883. The lowest BCUT2D eigenvalue weighted by Crippen LogP contribution is -3.00. The van der Waals surface area contributed by atoms with Gasteiger partial charge in [0.05, 0.1) is 26.7 Å². The number of unbranched alkanes of at least 4 members (excludes halogenated alkanes) is 14. The molecule has 0 saturated carbocycles. The standard InChI is InChI=1S/C28H53NO6.C18H34NO5.CH4.2ClH/c1-6-8-10-12-13-14-15-17-19-21-27(34-25(31)20-18-16-11-9-7-2)35-26(32)22-29-28(4,5)23-33-24(3)30;1-6-8-9-11-17(16(21)10-7-2)24-18(22)14-19(4,5)12-13-23-15(3)20;;;/h27,29H,6-23H2,1-5H3;7,16-17,21H,2,6,8-14H2,1,3-5H3;1H4;2*1H/q;+1;;;/p-2. The number of hydrogen-bond acceptors (Lipinski definition) is 12. The Labute approximate surface area is 390 Å². The van der Waals surface area contributed by atoms with Crippen molar-refractivity contribution < 1.29 is 82.1 Å². The van der Waals surface area contributed by atoms with E-state index >= 15 is 0 Å². The number of carbonyl (C=O) groups is 5. The second-order valence-corrected chi connectivity index (χ2v) is 17.0. The number of aliphatic hydroxyl groups is 1. The van der Waals surface area contributed by atoms with Crippen molar-refractivity contribution in [3.05, 3.63) is 12.7 Å². The van der Waals surface area contributed by atoms with E-state index in [1.165, 1.54) is 58.8 Å². The summed E-state index contributed by atoms with van der Waals surface area (Å²) in [4.78, 5) is 58.8. The number of nitrogens with zero attached hydrogens (tertiary/aromatic N) is 1. The number of quaternary nitrogens is 1. The molecule has 0 aromatic carbocycles. The van der Waals surface area contributed by atoms with Crippen LogP contribution in [-0.4, -0.2) is 110 Å². The Morgan fingerprint density at radius 1 is 0.677 bits per heavy atom. The molecule has 0 aliphatic carbocycles. The van der Waals surface area contributed by atoms with Gasteiger partial charge in [-0.1, -0.05) is 124 Å². The van der Waals surface area contributed by atoms with E-state index in [1.807, 2.05) is 27.9 Å². The van der Waals surface area contributed by atoms with Gasteiger partial charge in [0.2, 0.25) is 6.29 Å². The summed E-state index contributed by atoms with van der Waals surface area (Å²) >= 11 is 0. The molecule has 0 bridgehead atoms. The predicted octanol–water partition coefficient (Wildman–Crippen LogP) is 3.31. The molecule has 13 nitrogen and oxygen atoms in total. The van der Waals surface area contributed by atoms with Crippen molar-refractivity contribution in [2.24, 2.45) is 0 Å². The van der Waals surface area contributed by atoms with E-state index in [0.29, 0.717) is 36.7 Å². The van der Waals surface area contributed by atoms with Crippen molar-refractivity contribution in [1.82, 2.24) is 5.32 Å². The summed E-state index contributed by atoms with van der Waals surface area (Å²) in [6.07, 6.45) is 20.4. The van der Waals surface area contributed by atoms with E-state index in [0.717, 1.165) is 64.2 Å². The fourth-order valence-electron chi connectivity index (χ4n) is 5.99. The molecular weight excluding hydrogens is 839 g/mol. The van der Waals surface area contributed by atoms with Crippen molar-refractivity contribution in [2.75, 3.05) is 46.9 Å². The summed E-state index contributed by atoms with van der Waals surface area (Å²) in [5, 5.41) is 13.2. The van der Waals surface area contributed by atoms with E-state index < -0.39 is 30.0 Å². The van der Waals surface area contributed by atoms with Crippen molar-refractivity contribution in [2.45, 2.75) is 215 Å². The van der Waals surface area contributed by atoms with Crippen LogP contribution in [0.25, 0.3) is 0 Å². The van der Waals surface area contributed by atoms with Crippen LogP contribution in [0.5, 0.6) is 0 Å². The van der Waals surface area contributed by atoms with Crippen LogP contribution in [0.3, 0.4) is 0 Å². The van der Waals surface area contributed by atoms with Gasteiger partial charge in [-0.05, 0) is 46.0 Å². The predicted molar refractivity (Wildman–Crippen MR) is 240 cm³/mol. The van der Waals surface area contributed by atoms with Crippen LogP contribution < -0.4 is 30.1 Å². The van der Waals surface area contributed by atoms with Crippen LogP contribution in [0.1, 0.15) is 191 Å². The van der Waals surface area contributed by atoms with Crippen LogP contribution in [0.15, 0.2) is 12.7 Å². The van der Waals surface area contributed by atoms with Gasteiger partial charge in [0.25, 0.3) is 0 Å². The molecule has 370 valence electrons. The zero-order chi connectivity index (χ0) is 45.0. The number of likely N-dealkylation sites (N-methyl/N-ethyl adjacent to an activating group) is 1. The fourth-order valence-corrected chi connectivity index (χ4v) is 5.99. The largest absolute Gasteiger partial charge is 1.00 e. The molecule has 3 unspecified atom stereocenters. The Morgan fingerprint density at radius 3 is 1.66 bits per heavy atom. The first-order chi connectivity index (χ1) is 27.9. The van der Waals surface area contributed by atoms with E-state index in [2.05, 4.69) is 32.7 Å². The van der Waals surface area contributed by atoms with Crippen LogP contribution in [-0.2, 0) is 47.7 Å². The van der Waals surface area contributed by atoms with Crippen molar-refractivity contribution in [3.63, 3.8) is 0 Å². The van der Waals surface area contributed by atoms with Gasteiger partial charge in [0.1, 0.15) is 25.9 Å². The normalized spacial score (nSPS) is 12.3. The molecule has 0 aromatic heterocycles. The molecule has 2 N–H and O–H groups in total. The maximum absolute atomic E-state index is 12.4. The number of hydrogen-bond donors (Lipinski definition) is 2. The van der Waals surface area contributed by atoms with Gasteiger partial charge in [-0.15, -0.1) is 6.58 Å². The molecule has 0 spiro atoms. The molecule has 0 heterocycles. The number of rotatable bonds is 36. The highest BCUT2D eigenvalue weighted by molar-refractivity contribution is 5.73. The summed E-state index contributed by atoms with van der Waals surface area (Å²) in [5.41, 5.74) is -0.577. The van der Waals surface area contributed by atoms with Gasteiger partial charge in [-0.25, -0.2) is 4.79 Å². The molecule has 0 saturated heterocycles. The quantitative estimate of drug-likeness (QED) is 0.0236. The number of esters is 5. The van der Waals surface area contributed by atoms with Crippen molar-refractivity contribution in [1.29, 1.82) is 0 Å². The summed E-state index contributed by atoms with van der Waals surface area (Å²) in [6, 6.07) is 0. The average Bonchev–Trinajstić information content (AvgIpc) is 3.15. The topological polar surface area (TPSA) is 164 Å². The molecule has 15 heteroatoms. The number of carbonyl (C=O) groups excluding carboxylic acids is 5. The molecular formula is C47H91Cl2N2O11-. The van der Waals surface area contributed by atoms with Crippen molar-refractivity contribution >= 4 is 29.8 Å². The minimum atomic E-state index is -0.853. The molecule has 0 rings (SSSR count). The third kappa shape index (κ3) is 45.6. The Kier molecular flexibility index (Phi) is 48.4. The number of halogens is 2. The lowest BCUT2D eigenvalue weighted by Gasteiger charge is -2.30. The highest BCUT2D eigenvalue weighted by Gasteiger charge is 2.27. The van der Waals surface area contributed by atoms with E-state index in [1.54, 1.807) is 6.08 Å². The zero-order valence-electron chi connectivity index (χ0n) is 39.6. The maximum atomic E-state index is 12.4. The second-order valence-electron chi connectivity index (χ2n) is 17.0.